The zero-order valence-corrected chi connectivity index (χ0v) is 11.4. The first-order chi connectivity index (χ1) is 7.54. The predicted molar refractivity (Wildman–Crippen MR) is 66.1 cm³/mol. The molecule has 90 valence electrons. The van der Waals surface area contributed by atoms with Gasteiger partial charge in [0.2, 0.25) is 0 Å². The number of rotatable bonds is 6. The summed E-state index contributed by atoms with van der Waals surface area (Å²) in [6.07, 6.45) is 4.42. The maximum atomic E-state index is 5.58. The lowest BCUT2D eigenvalue weighted by molar-refractivity contribution is 0.0682. The zero-order chi connectivity index (χ0) is 11.6. The summed E-state index contributed by atoms with van der Waals surface area (Å²) in [7, 11) is -0.973. The first kappa shape index (κ1) is 11.8. The van der Waals surface area contributed by atoms with Crippen molar-refractivity contribution in [1.29, 1.82) is 0 Å². The molecule has 1 fully saturated rings. The summed E-state index contributed by atoms with van der Waals surface area (Å²) < 4.78 is 5.58. The summed E-state index contributed by atoms with van der Waals surface area (Å²) in [5, 5.41) is 8.60. The van der Waals surface area contributed by atoms with Crippen molar-refractivity contribution < 1.29 is 4.74 Å². The van der Waals surface area contributed by atoms with Gasteiger partial charge in [0.1, 0.15) is 0 Å². The van der Waals surface area contributed by atoms with E-state index in [-0.39, 0.29) is 0 Å². The second kappa shape index (κ2) is 4.67. The van der Waals surface area contributed by atoms with Crippen LogP contribution in [0.3, 0.4) is 0 Å². The van der Waals surface area contributed by atoms with Gasteiger partial charge in [-0.15, -0.1) is 0 Å². The first-order valence-electron chi connectivity index (χ1n) is 6.02. The van der Waals surface area contributed by atoms with Gasteiger partial charge in [0.15, 0.2) is 6.73 Å². The Morgan fingerprint density at radius 1 is 1.44 bits per heavy atom. The Balaban J connectivity index is 1.68. The van der Waals surface area contributed by atoms with Crippen LogP contribution in [0.1, 0.15) is 24.5 Å². The first-order valence-corrected chi connectivity index (χ1v) is 9.73. The van der Waals surface area contributed by atoms with Gasteiger partial charge in [0.05, 0.1) is 11.9 Å². The van der Waals surface area contributed by atoms with Crippen LogP contribution in [0.2, 0.25) is 25.7 Å². The molecule has 0 spiro atoms. The van der Waals surface area contributed by atoms with Crippen LogP contribution >= 0.6 is 0 Å². The summed E-state index contributed by atoms with van der Waals surface area (Å²) in [5.41, 5.74) is 1.13. The van der Waals surface area contributed by atoms with Crippen LogP contribution in [0.25, 0.3) is 0 Å². The fourth-order valence-electron chi connectivity index (χ4n) is 1.46. The molecule has 0 aliphatic heterocycles. The molecule has 0 atom stereocenters. The summed E-state index contributed by atoms with van der Waals surface area (Å²) >= 11 is 0. The molecule has 2 rings (SSSR count). The third kappa shape index (κ3) is 3.72. The van der Waals surface area contributed by atoms with Gasteiger partial charge < -0.3 is 4.74 Å². The van der Waals surface area contributed by atoms with E-state index in [9.17, 15) is 0 Å². The number of nitrogens with zero attached hydrogens (tertiary/aromatic N) is 3. The summed E-state index contributed by atoms with van der Waals surface area (Å²) in [6.45, 7) is 8.39. The fourth-order valence-corrected chi connectivity index (χ4v) is 2.22. The molecule has 1 aromatic rings. The molecule has 0 bridgehead atoms. The molecule has 0 N–H and O–H groups in total. The Morgan fingerprint density at radius 2 is 2.19 bits per heavy atom. The molecule has 0 radical (unpaired) electrons. The van der Waals surface area contributed by atoms with E-state index >= 15 is 0 Å². The van der Waals surface area contributed by atoms with Crippen LogP contribution in [0, 0.1) is 0 Å². The summed E-state index contributed by atoms with van der Waals surface area (Å²) in [4.78, 5) is 1.66. The van der Waals surface area contributed by atoms with Crippen LogP contribution in [0.5, 0.6) is 0 Å². The van der Waals surface area contributed by atoms with Crippen molar-refractivity contribution >= 4 is 8.07 Å². The molecular weight excluding hydrogens is 218 g/mol. The largest absolute Gasteiger partial charge is 0.358 e. The third-order valence-electron chi connectivity index (χ3n) is 2.75. The van der Waals surface area contributed by atoms with Crippen molar-refractivity contribution in [2.24, 2.45) is 0 Å². The van der Waals surface area contributed by atoms with Gasteiger partial charge in [-0.05, 0) is 18.9 Å². The van der Waals surface area contributed by atoms with Gasteiger partial charge in [-0.3, -0.25) is 0 Å². The van der Waals surface area contributed by atoms with Crippen LogP contribution in [-0.2, 0) is 11.5 Å². The van der Waals surface area contributed by atoms with Crippen LogP contribution < -0.4 is 0 Å². The Hall–Kier alpha value is -0.683. The zero-order valence-electron chi connectivity index (χ0n) is 10.4. The normalized spacial score (nSPS) is 16.7. The Labute approximate surface area is 98.0 Å². The van der Waals surface area contributed by atoms with E-state index < -0.39 is 8.07 Å². The molecule has 1 aliphatic carbocycles. The minimum Gasteiger partial charge on any atom is -0.358 e. The van der Waals surface area contributed by atoms with Gasteiger partial charge in [-0.1, -0.05) is 19.6 Å². The SMILES string of the molecule is C[Si](C)(C)CCOCn1ncc(C2CC2)n1. The van der Waals surface area contributed by atoms with Crippen molar-refractivity contribution in [3.63, 3.8) is 0 Å². The van der Waals surface area contributed by atoms with Gasteiger partial charge in [0.25, 0.3) is 0 Å². The van der Waals surface area contributed by atoms with Crippen molar-refractivity contribution in [1.82, 2.24) is 15.0 Å². The molecule has 1 aliphatic rings. The molecule has 5 heteroatoms. The molecule has 0 unspecified atom stereocenters. The lowest BCUT2D eigenvalue weighted by Gasteiger charge is -2.14. The predicted octanol–water partition coefficient (Wildman–Crippen LogP) is 2.47. The second-order valence-electron chi connectivity index (χ2n) is 5.76. The van der Waals surface area contributed by atoms with Gasteiger partial charge in [0, 0.05) is 20.6 Å². The minimum absolute atomic E-state index is 0.497. The lowest BCUT2D eigenvalue weighted by Crippen LogP contribution is -2.22. The van der Waals surface area contributed by atoms with E-state index in [0.29, 0.717) is 12.6 Å². The molecule has 4 nitrogen and oxygen atoms in total. The molecule has 1 aromatic heterocycles. The number of hydrogen-bond acceptors (Lipinski definition) is 3. The Bertz CT molecular complexity index is 341. The highest BCUT2D eigenvalue weighted by Gasteiger charge is 2.26. The highest BCUT2D eigenvalue weighted by molar-refractivity contribution is 6.76. The average molecular weight is 239 g/mol. The van der Waals surface area contributed by atoms with Gasteiger partial charge in [-0.25, -0.2) is 0 Å². The summed E-state index contributed by atoms with van der Waals surface area (Å²) in [5.74, 6) is 0.677. The van der Waals surface area contributed by atoms with E-state index in [4.69, 9.17) is 4.74 Å². The lowest BCUT2D eigenvalue weighted by atomic mass is 10.3. The maximum absolute atomic E-state index is 5.58. The quantitative estimate of drug-likeness (QED) is 0.565. The third-order valence-corrected chi connectivity index (χ3v) is 4.46. The molecular formula is C11H21N3OSi. The van der Waals surface area contributed by atoms with Crippen molar-refractivity contribution in [2.75, 3.05) is 6.61 Å². The Kier molecular flexibility index (Phi) is 3.44. The number of ether oxygens (including phenoxy) is 1. The topological polar surface area (TPSA) is 39.9 Å². The highest BCUT2D eigenvalue weighted by Crippen LogP contribution is 2.38. The second-order valence-corrected chi connectivity index (χ2v) is 11.4. The smallest absolute Gasteiger partial charge is 0.158 e. The molecule has 0 aromatic carbocycles. The number of aromatic nitrogens is 3. The maximum Gasteiger partial charge on any atom is 0.158 e. The standard InChI is InChI=1S/C11H21N3OSi/c1-16(2,3)7-6-15-9-14-12-8-11(13-14)10-4-5-10/h8,10H,4-7,9H2,1-3H3. The minimum atomic E-state index is -0.973. The van der Waals surface area contributed by atoms with Crippen LogP contribution in [0.15, 0.2) is 6.20 Å². The molecule has 1 saturated carbocycles. The van der Waals surface area contributed by atoms with E-state index in [2.05, 4.69) is 29.8 Å². The van der Waals surface area contributed by atoms with Crippen molar-refractivity contribution in [3.05, 3.63) is 11.9 Å². The van der Waals surface area contributed by atoms with Crippen LogP contribution in [-0.4, -0.2) is 29.7 Å². The van der Waals surface area contributed by atoms with Gasteiger partial charge in [-0.2, -0.15) is 15.0 Å². The van der Waals surface area contributed by atoms with Gasteiger partial charge >= 0.3 is 0 Å². The van der Waals surface area contributed by atoms with E-state index in [1.807, 2.05) is 6.20 Å². The van der Waals surface area contributed by atoms with E-state index in [0.717, 1.165) is 12.3 Å². The Morgan fingerprint density at radius 3 is 2.81 bits per heavy atom. The van der Waals surface area contributed by atoms with Crippen molar-refractivity contribution in [3.8, 4) is 0 Å². The van der Waals surface area contributed by atoms with Crippen molar-refractivity contribution in [2.45, 2.75) is 51.2 Å². The van der Waals surface area contributed by atoms with E-state index in [1.165, 1.54) is 18.9 Å². The summed E-state index contributed by atoms with van der Waals surface area (Å²) in [6, 6.07) is 1.20. The molecule has 16 heavy (non-hydrogen) atoms. The number of hydrogen-bond donors (Lipinski definition) is 0. The fraction of sp³-hybridized carbons (Fsp3) is 0.818. The monoisotopic (exact) mass is 239 g/mol. The highest BCUT2D eigenvalue weighted by atomic mass is 28.3. The molecule has 0 saturated heterocycles. The average Bonchev–Trinajstić information content (AvgIpc) is 2.93. The molecule has 1 heterocycles. The molecule has 0 amide bonds. The van der Waals surface area contributed by atoms with E-state index in [1.54, 1.807) is 4.80 Å². The van der Waals surface area contributed by atoms with Crippen LogP contribution in [0.4, 0.5) is 0 Å².